The number of hydrogen-bond acceptors (Lipinski definition) is 4. The number of carbonyl (C=O) groups excluding carboxylic acids is 2. The molecule has 2 aromatic heterocycles. The van der Waals surface area contributed by atoms with Crippen LogP contribution in [0.3, 0.4) is 0 Å². The number of aromatic amines is 2. The van der Waals surface area contributed by atoms with Gasteiger partial charge in [-0.05, 0) is 41.5 Å². The molecule has 2 unspecified atom stereocenters. The number of carboxylic acids is 2. The maximum Gasteiger partial charge on any atom is 0.326 e. The van der Waals surface area contributed by atoms with Crippen molar-refractivity contribution in [2.75, 3.05) is 0 Å². The van der Waals surface area contributed by atoms with E-state index in [4.69, 9.17) is 0 Å². The van der Waals surface area contributed by atoms with E-state index in [-0.39, 0.29) is 24.0 Å². The molecule has 0 aliphatic carbocycles. The fraction of sp³-hybridized carbons (Fsp3) is 0.133. The van der Waals surface area contributed by atoms with Crippen molar-refractivity contribution in [2.45, 2.75) is 24.9 Å². The minimum atomic E-state index is -1.21. The zero-order valence-electron chi connectivity index (χ0n) is 21.2. The smallest absolute Gasteiger partial charge is 0.326 e. The molecule has 6 N–H and O–H groups in total. The first-order valence-corrected chi connectivity index (χ1v) is 12.6. The number of carboxylic acid groups (broad SMARTS) is 2. The third kappa shape index (κ3) is 5.56. The number of aromatic nitrogens is 2. The molecule has 40 heavy (non-hydrogen) atoms. The largest absolute Gasteiger partial charge is 0.480 e. The minimum Gasteiger partial charge on any atom is -0.480 e. The Hall–Kier alpha value is -5.38. The highest BCUT2D eigenvalue weighted by Gasteiger charge is 2.25. The maximum absolute atomic E-state index is 13.0. The molecule has 0 saturated heterocycles. The number of amides is 2. The van der Waals surface area contributed by atoms with Gasteiger partial charge in [0.25, 0.3) is 11.8 Å². The topological polar surface area (TPSA) is 164 Å². The monoisotopic (exact) mass is 538 g/mol. The van der Waals surface area contributed by atoms with Gasteiger partial charge in [0.05, 0.1) is 0 Å². The van der Waals surface area contributed by atoms with Crippen LogP contribution < -0.4 is 10.6 Å². The highest BCUT2D eigenvalue weighted by molar-refractivity contribution is 6.02. The molecule has 0 radical (unpaired) electrons. The molecule has 3 aromatic carbocycles. The molecule has 0 aliphatic rings. The quantitative estimate of drug-likeness (QED) is 0.159. The van der Waals surface area contributed by atoms with Crippen LogP contribution in [0.25, 0.3) is 21.8 Å². The average molecular weight is 539 g/mol. The Morgan fingerprint density at radius 1 is 0.625 bits per heavy atom. The second kappa shape index (κ2) is 11.2. The van der Waals surface area contributed by atoms with Crippen LogP contribution in [0.5, 0.6) is 0 Å². The first kappa shape index (κ1) is 26.2. The van der Waals surface area contributed by atoms with Crippen molar-refractivity contribution in [3.63, 3.8) is 0 Å². The summed E-state index contributed by atoms with van der Waals surface area (Å²) < 4.78 is 0. The summed E-state index contributed by atoms with van der Waals surface area (Å²) in [7, 11) is 0. The van der Waals surface area contributed by atoms with E-state index < -0.39 is 35.8 Å². The minimum absolute atomic E-state index is 0.0550. The zero-order chi connectivity index (χ0) is 28.2. The zero-order valence-corrected chi connectivity index (χ0v) is 21.2. The van der Waals surface area contributed by atoms with E-state index >= 15 is 0 Å². The van der Waals surface area contributed by atoms with Crippen molar-refractivity contribution in [1.82, 2.24) is 20.6 Å². The molecule has 0 fully saturated rings. The van der Waals surface area contributed by atoms with Gasteiger partial charge in [0.2, 0.25) is 0 Å². The van der Waals surface area contributed by atoms with Gasteiger partial charge in [-0.2, -0.15) is 0 Å². The molecule has 10 heteroatoms. The van der Waals surface area contributed by atoms with Crippen LogP contribution in [0.15, 0.2) is 85.2 Å². The summed E-state index contributed by atoms with van der Waals surface area (Å²) in [5.74, 6) is -3.74. The van der Waals surface area contributed by atoms with Gasteiger partial charge in [-0.1, -0.05) is 42.5 Å². The normalized spacial score (nSPS) is 12.6. The third-order valence-electron chi connectivity index (χ3n) is 6.79. The molecule has 0 spiro atoms. The van der Waals surface area contributed by atoms with Gasteiger partial charge < -0.3 is 30.8 Å². The molecule has 0 aliphatic heterocycles. The number of rotatable bonds is 10. The van der Waals surface area contributed by atoms with Crippen LogP contribution >= 0.6 is 0 Å². The van der Waals surface area contributed by atoms with E-state index in [2.05, 4.69) is 20.6 Å². The molecule has 5 rings (SSSR count). The SMILES string of the molecule is O=C(NC(Cc1c[nH]c2ccccc12)C(=O)O)c1cccc(C(=O)NC(Cc2c[nH]c3ccccc23)C(=O)O)c1. The number of nitrogens with one attached hydrogen (secondary N) is 4. The lowest BCUT2D eigenvalue weighted by Gasteiger charge is -2.16. The summed E-state index contributed by atoms with van der Waals surface area (Å²) in [5.41, 5.74) is 3.34. The van der Waals surface area contributed by atoms with Gasteiger partial charge in [0.1, 0.15) is 12.1 Å². The fourth-order valence-electron chi connectivity index (χ4n) is 4.73. The number of hydrogen-bond donors (Lipinski definition) is 6. The van der Waals surface area contributed by atoms with E-state index in [9.17, 15) is 29.4 Å². The average Bonchev–Trinajstić information content (AvgIpc) is 3.56. The number of fused-ring (bicyclic) bond motifs is 2. The lowest BCUT2D eigenvalue weighted by atomic mass is 10.0. The lowest BCUT2D eigenvalue weighted by Crippen LogP contribution is -2.43. The van der Waals surface area contributed by atoms with Gasteiger partial charge in [-0.25, -0.2) is 9.59 Å². The van der Waals surface area contributed by atoms with Crippen molar-refractivity contribution in [3.05, 3.63) is 107 Å². The second-order valence-electron chi connectivity index (χ2n) is 9.44. The van der Waals surface area contributed by atoms with Crippen molar-refractivity contribution in [1.29, 1.82) is 0 Å². The summed E-state index contributed by atoms with van der Waals surface area (Å²) in [5, 5.41) is 26.3. The summed E-state index contributed by atoms with van der Waals surface area (Å²) in [6.07, 6.45) is 3.54. The Morgan fingerprint density at radius 3 is 1.48 bits per heavy atom. The highest BCUT2D eigenvalue weighted by atomic mass is 16.4. The van der Waals surface area contributed by atoms with Crippen LogP contribution in [0.4, 0.5) is 0 Å². The predicted molar refractivity (Wildman–Crippen MR) is 148 cm³/mol. The standard InChI is InChI=1S/C30H26N4O6/c35-27(33-25(29(37)38)13-19-15-31-23-10-3-1-8-21(19)23)17-6-5-7-18(12-17)28(36)34-26(30(39)40)14-20-16-32-24-11-4-2-9-22(20)24/h1-12,15-16,25-26,31-32H,13-14H2,(H,33,35)(H,34,36)(H,37,38)(H,39,40). The summed E-state index contributed by atoms with van der Waals surface area (Å²) in [4.78, 5) is 56.1. The molecule has 202 valence electrons. The first-order chi connectivity index (χ1) is 19.3. The van der Waals surface area contributed by atoms with Gasteiger partial charge >= 0.3 is 11.9 Å². The lowest BCUT2D eigenvalue weighted by molar-refractivity contribution is -0.140. The molecular weight excluding hydrogens is 512 g/mol. The molecule has 0 bridgehead atoms. The molecule has 2 amide bonds. The Kier molecular flexibility index (Phi) is 7.32. The highest BCUT2D eigenvalue weighted by Crippen LogP contribution is 2.21. The molecule has 2 heterocycles. The first-order valence-electron chi connectivity index (χ1n) is 12.6. The van der Waals surface area contributed by atoms with Crippen molar-refractivity contribution in [3.8, 4) is 0 Å². The number of aliphatic carboxylic acids is 2. The predicted octanol–water partition coefficient (Wildman–Crippen LogP) is 3.50. The Bertz CT molecular complexity index is 1610. The van der Waals surface area contributed by atoms with Crippen molar-refractivity contribution >= 4 is 45.6 Å². The van der Waals surface area contributed by atoms with Crippen molar-refractivity contribution < 1.29 is 29.4 Å². The molecule has 5 aromatic rings. The molecular formula is C30H26N4O6. The number of carbonyl (C=O) groups is 4. The van der Waals surface area contributed by atoms with E-state index in [1.165, 1.54) is 24.3 Å². The van der Waals surface area contributed by atoms with E-state index in [1.54, 1.807) is 12.4 Å². The van der Waals surface area contributed by atoms with Crippen LogP contribution in [-0.2, 0) is 22.4 Å². The second-order valence-corrected chi connectivity index (χ2v) is 9.44. The van der Waals surface area contributed by atoms with Gasteiger partial charge in [-0.3, -0.25) is 9.59 Å². The summed E-state index contributed by atoms with van der Waals surface area (Å²) in [6.45, 7) is 0. The summed E-state index contributed by atoms with van der Waals surface area (Å²) >= 11 is 0. The number of H-pyrrole nitrogens is 2. The Morgan fingerprint density at radius 2 is 1.05 bits per heavy atom. The third-order valence-corrected chi connectivity index (χ3v) is 6.79. The Labute approximate surface area is 228 Å². The van der Waals surface area contributed by atoms with Crippen LogP contribution in [-0.4, -0.2) is 56.0 Å². The van der Waals surface area contributed by atoms with Crippen molar-refractivity contribution in [2.24, 2.45) is 0 Å². The van der Waals surface area contributed by atoms with Crippen LogP contribution in [0, 0.1) is 0 Å². The molecule has 0 saturated carbocycles. The molecule has 10 nitrogen and oxygen atoms in total. The van der Waals surface area contributed by atoms with Crippen LogP contribution in [0.1, 0.15) is 31.8 Å². The van der Waals surface area contributed by atoms with E-state index in [1.807, 2.05) is 48.5 Å². The maximum atomic E-state index is 13.0. The van der Waals surface area contributed by atoms with E-state index in [0.717, 1.165) is 32.9 Å². The van der Waals surface area contributed by atoms with Gasteiger partial charge in [0.15, 0.2) is 0 Å². The summed E-state index contributed by atoms with van der Waals surface area (Å²) in [6, 6.07) is 18.2. The Balaban J connectivity index is 1.28. The van der Waals surface area contributed by atoms with Gasteiger partial charge in [-0.15, -0.1) is 0 Å². The van der Waals surface area contributed by atoms with E-state index in [0.29, 0.717) is 0 Å². The van der Waals surface area contributed by atoms with Crippen LogP contribution in [0.2, 0.25) is 0 Å². The molecule has 2 atom stereocenters. The number of benzene rings is 3. The number of para-hydroxylation sites is 2. The fourth-order valence-corrected chi connectivity index (χ4v) is 4.73. The van der Waals surface area contributed by atoms with Gasteiger partial charge in [0, 0.05) is 58.2 Å².